The van der Waals surface area contributed by atoms with Gasteiger partial charge in [0, 0.05) is 55.5 Å². The molecule has 2 N–H and O–H groups in total. The average molecular weight is 481 g/mol. The first-order valence-corrected chi connectivity index (χ1v) is 11.8. The number of rotatable bonds is 5. The third-order valence-electron chi connectivity index (χ3n) is 7.18. The lowest BCUT2D eigenvalue weighted by Crippen LogP contribution is -2.55. The molecule has 2 fully saturated rings. The fourth-order valence-corrected chi connectivity index (χ4v) is 5.06. The molecule has 2 aliphatic rings. The number of nitrogens with zero attached hydrogens (tertiary/aromatic N) is 6. The standard InChI is InChI=1S/C24H26F2N8O/c1-27-20-10-18(17-13-33(14-6-9-32(2)12-14)21-15(17)4-3-8-28-21)30-22-16(11-29-34(20)22)23(35)31-19-5-7-24(19,25)26/h3-4,8,10-11,13-14,19,27H,5-7,9,12H2,1-2H3,(H,31,35)/t14-,19-/m0/s1. The van der Waals surface area contributed by atoms with Crippen molar-refractivity contribution in [3.63, 3.8) is 0 Å². The summed E-state index contributed by atoms with van der Waals surface area (Å²) in [4.78, 5) is 24.6. The second-order valence-electron chi connectivity index (χ2n) is 9.43. The molecule has 0 radical (unpaired) electrons. The Morgan fingerprint density at radius 1 is 1.26 bits per heavy atom. The van der Waals surface area contributed by atoms with Gasteiger partial charge in [-0.05, 0) is 38.6 Å². The monoisotopic (exact) mass is 480 g/mol. The van der Waals surface area contributed by atoms with Crippen LogP contribution in [0.3, 0.4) is 0 Å². The lowest BCUT2D eigenvalue weighted by Gasteiger charge is -2.36. The maximum absolute atomic E-state index is 13.8. The van der Waals surface area contributed by atoms with Crippen molar-refractivity contribution in [2.45, 2.75) is 37.3 Å². The predicted octanol–water partition coefficient (Wildman–Crippen LogP) is 3.19. The van der Waals surface area contributed by atoms with Gasteiger partial charge in [-0.3, -0.25) is 4.79 Å². The first-order valence-electron chi connectivity index (χ1n) is 11.8. The Morgan fingerprint density at radius 2 is 2.11 bits per heavy atom. The molecular weight excluding hydrogens is 454 g/mol. The molecule has 1 amide bonds. The molecule has 5 heterocycles. The third kappa shape index (κ3) is 3.53. The van der Waals surface area contributed by atoms with Crippen molar-refractivity contribution < 1.29 is 13.6 Å². The van der Waals surface area contributed by atoms with E-state index in [0.29, 0.717) is 23.2 Å². The van der Waals surface area contributed by atoms with Crippen molar-refractivity contribution in [1.29, 1.82) is 0 Å². The molecule has 1 aliphatic carbocycles. The quantitative estimate of drug-likeness (QED) is 0.456. The van der Waals surface area contributed by atoms with Gasteiger partial charge in [0.25, 0.3) is 11.8 Å². The molecule has 9 nitrogen and oxygen atoms in total. The summed E-state index contributed by atoms with van der Waals surface area (Å²) in [5.74, 6) is -2.85. The second kappa shape index (κ2) is 7.98. The van der Waals surface area contributed by atoms with Crippen LogP contribution in [-0.4, -0.2) is 74.1 Å². The fourth-order valence-electron chi connectivity index (χ4n) is 5.06. The molecule has 11 heteroatoms. The summed E-state index contributed by atoms with van der Waals surface area (Å²) in [6, 6.07) is 4.92. The van der Waals surface area contributed by atoms with Crippen LogP contribution >= 0.6 is 0 Å². The highest BCUT2D eigenvalue weighted by Gasteiger charge is 2.49. The number of hydrogen-bond donors (Lipinski definition) is 2. The third-order valence-corrected chi connectivity index (χ3v) is 7.18. The number of alkyl halides is 2. The molecule has 0 spiro atoms. The summed E-state index contributed by atoms with van der Waals surface area (Å²) < 4.78 is 31.2. The second-order valence-corrected chi connectivity index (χ2v) is 9.43. The van der Waals surface area contributed by atoms with Gasteiger partial charge < -0.3 is 20.1 Å². The Bertz CT molecular complexity index is 1440. The molecule has 0 aromatic carbocycles. The minimum atomic E-state index is -2.88. The lowest BCUT2D eigenvalue weighted by molar-refractivity contribution is -0.102. The van der Waals surface area contributed by atoms with Crippen LogP contribution in [0.4, 0.5) is 14.6 Å². The summed E-state index contributed by atoms with van der Waals surface area (Å²) in [6.07, 6.45) is 6.30. The van der Waals surface area contributed by atoms with E-state index in [1.165, 1.54) is 10.7 Å². The zero-order valence-corrected chi connectivity index (χ0v) is 19.5. The number of hydrogen-bond acceptors (Lipinski definition) is 6. The Hall–Kier alpha value is -3.60. The number of fused-ring (bicyclic) bond motifs is 2. The van der Waals surface area contributed by atoms with Gasteiger partial charge >= 0.3 is 0 Å². The fraction of sp³-hybridized carbons (Fsp3) is 0.417. The molecule has 6 rings (SSSR count). The van der Waals surface area contributed by atoms with Gasteiger partial charge in [-0.15, -0.1) is 0 Å². The van der Waals surface area contributed by atoms with Gasteiger partial charge in [-0.1, -0.05) is 0 Å². The molecular formula is C24H26F2N8O. The number of likely N-dealkylation sites (tertiary alicyclic amines) is 1. The van der Waals surface area contributed by atoms with Crippen LogP contribution in [0, 0.1) is 0 Å². The van der Waals surface area contributed by atoms with E-state index >= 15 is 0 Å². The number of nitrogens with one attached hydrogen (secondary N) is 2. The number of likely N-dealkylation sites (N-methyl/N-ethyl adjacent to an activating group) is 1. The summed E-state index contributed by atoms with van der Waals surface area (Å²) >= 11 is 0. The van der Waals surface area contributed by atoms with Crippen LogP contribution in [0.25, 0.3) is 27.9 Å². The molecule has 4 aromatic heterocycles. The molecule has 182 valence electrons. The molecule has 2 atom stereocenters. The number of amides is 1. The zero-order chi connectivity index (χ0) is 24.3. The molecule has 0 unspecified atom stereocenters. The smallest absolute Gasteiger partial charge is 0.267 e. The van der Waals surface area contributed by atoms with E-state index in [0.717, 1.165) is 36.1 Å². The summed E-state index contributed by atoms with van der Waals surface area (Å²) in [5, 5.41) is 10.8. The Kier molecular flexibility index (Phi) is 4.99. The van der Waals surface area contributed by atoms with Gasteiger partial charge in [0.2, 0.25) is 0 Å². The van der Waals surface area contributed by atoms with Crippen molar-refractivity contribution >= 4 is 28.4 Å². The normalized spacial score (nSPS) is 21.9. The van der Waals surface area contributed by atoms with E-state index in [1.54, 1.807) is 13.2 Å². The van der Waals surface area contributed by atoms with E-state index in [9.17, 15) is 13.6 Å². The van der Waals surface area contributed by atoms with Crippen LogP contribution in [0.1, 0.15) is 35.7 Å². The van der Waals surface area contributed by atoms with Crippen molar-refractivity contribution in [1.82, 2.24) is 34.4 Å². The van der Waals surface area contributed by atoms with Crippen molar-refractivity contribution in [2.24, 2.45) is 0 Å². The number of carbonyl (C=O) groups excluding carboxylic acids is 1. The van der Waals surface area contributed by atoms with E-state index < -0.39 is 17.9 Å². The van der Waals surface area contributed by atoms with Crippen LogP contribution in [-0.2, 0) is 0 Å². The highest BCUT2D eigenvalue weighted by molar-refractivity contribution is 6.01. The number of anilines is 1. The highest BCUT2D eigenvalue weighted by atomic mass is 19.3. The molecule has 4 aromatic rings. The Labute approximate surface area is 200 Å². The minimum Gasteiger partial charge on any atom is -0.373 e. The van der Waals surface area contributed by atoms with E-state index in [-0.39, 0.29) is 18.4 Å². The van der Waals surface area contributed by atoms with Crippen LogP contribution in [0.2, 0.25) is 0 Å². The van der Waals surface area contributed by atoms with Crippen LogP contribution < -0.4 is 10.6 Å². The summed E-state index contributed by atoms with van der Waals surface area (Å²) in [6.45, 7) is 1.96. The molecule has 1 aliphatic heterocycles. The van der Waals surface area contributed by atoms with Gasteiger partial charge in [0.05, 0.1) is 17.9 Å². The van der Waals surface area contributed by atoms with Crippen LogP contribution in [0.5, 0.6) is 0 Å². The average Bonchev–Trinajstić information content (AvgIpc) is 3.57. The van der Waals surface area contributed by atoms with Gasteiger partial charge in [0.1, 0.15) is 17.0 Å². The molecule has 0 bridgehead atoms. The largest absolute Gasteiger partial charge is 0.373 e. The molecule has 1 saturated heterocycles. The Balaban J connectivity index is 1.45. The number of halogens is 2. The zero-order valence-electron chi connectivity index (χ0n) is 19.5. The van der Waals surface area contributed by atoms with Crippen LogP contribution in [0.15, 0.2) is 36.8 Å². The van der Waals surface area contributed by atoms with Gasteiger partial charge in [0.15, 0.2) is 5.65 Å². The number of aromatic nitrogens is 5. The Morgan fingerprint density at radius 3 is 2.80 bits per heavy atom. The van der Waals surface area contributed by atoms with Crippen molar-refractivity contribution in [3.8, 4) is 11.3 Å². The van der Waals surface area contributed by atoms with Crippen molar-refractivity contribution in [3.05, 3.63) is 42.4 Å². The van der Waals surface area contributed by atoms with E-state index in [2.05, 4.69) is 43.4 Å². The topological polar surface area (TPSA) is 92.4 Å². The summed E-state index contributed by atoms with van der Waals surface area (Å²) in [7, 11) is 3.87. The highest BCUT2D eigenvalue weighted by Crippen LogP contribution is 2.38. The van der Waals surface area contributed by atoms with Gasteiger partial charge in [-0.2, -0.15) is 9.61 Å². The predicted molar refractivity (Wildman–Crippen MR) is 128 cm³/mol. The summed E-state index contributed by atoms with van der Waals surface area (Å²) in [5.41, 5.74) is 2.88. The van der Waals surface area contributed by atoms with Crippen molar-refractivity contribution in [2.75, 3.05) is 32.5 Å². The van der Waals surface area contributed by atoms with Gasteiger partial charge in [-0.25, -0.2) is 18.7 Å². The first kappa shape index (κ1) is 21.9. The van der Waals surface area contributed by atoms with E-state index in [1.807, 2.05) is 18.2 Å². The molecule has 1 saturated carbocycles. The number of pyridine rings is 1. The van der Waals surface area contributed by atoms with E-state index in [4.69, 9.17) is 4.98 Å². The first-order chi connectivity index (χ1) is 16.9. The SMILES string of the molecule is CNc1cc(-c2cn([C@H]3CCN(C)C3)c3ncccc23)nc2c(C(=O)N[C@H]3CCC3(F)F)cnn12. The minimum absolute atomic E-state index is 0.158. The lowest BCUT2D eigenvalue weighted by atomic mass is 9.88. The maximum Gasteiger partial charge on any atom is 0.267 e. The maximum atomic E-state index is 13.8. The molecule has 35 heavy (non-hydrogen) atoms. The number of carbonyl (C=O) groups is 1.